The van der Waals surface area contributed by atoms with Crippen LogP contribution in [0.15, 0.2) is 12.5 Å². The third kappa shape index (κ3) is 3.33. The first kappa shape index (κ1) is 14.9. The van der Waals surface area contributed by atoms with E-state index in [-0.39, 0.29) is 12.2 Å². The summed E-state index contributed by atoms with van der Waals surface area (Å²) in [6, 6.07) is -0.534. The number of carbonyl (C=O) groups is 1. The van der Waals surface area contributed by atoms with E-state index in [1.54, 1.807) is 11.6 Å². The van der Waals surface area contributed by atoms with Crippen molar-refractivity contribution in [3.8, 4) is 0 Å². The zero-order valence-corrected chi connectivity index (χ0v) is 11.8. The van der Waals surface area contributed by atoms with Gasteiger partial charge in [0.05, 0.1) is 12.2 Å². The van der Waals surface area contributed by atoms with Crippen LogP contribution in [0, 0.1) is 0 Å². The van der Waals surface area contributed by atoms with E-state index in [1.807, 2.05) is 0 Å². The van der Waals surface area contributed by atoms with Crippen molar-refractivity contribution in [3.63, 3.8) is 0 Å². The van der Waals surface area contributed by atoms with Crippen molar-refractivity contribution in [1.29, 1.82) is 0 Å². The molecule has 0 aliphatic rings. The van der Waals surface area contributed by atoms with Gasteiger partial charge in [-0.3, -0.25) is 4.68 Å². The van der Waals surface area contributed by atoms with E-state index in [1.165, 1.54) is 36.2 Å². The summed E-state index contributed by atoms with van der Waals surface area (Å²) in [5.41, 5.74) is -0.472. The van der Waals surface area contributed by atoms with Crippen molar-refractivity contribution in [3.05, 3.63) is 24.0 Å². The van der Waals surface area contributed by atoms with E-state index < -0.39 is 18.2 Å². The van der Waals surface area contributed by atoms with Gasteiger partial charge in [0.25, 0.3) is 6.43 Å². The van der Waals surface area contributed by atoms with Gasteiger partial charge in [-0.1, -0.05) is 0 Å². The lowest BCUT2D eigenvalue weighted by Gasteiger charge is -2.17. The number of nitrogens with one attached hydrogen (secondary N) is 1. The molecule has 0 fully saturated rings. The van der Waals surface area contributed by atoms with Gasteiger partial charge in [0, 0.05) is 27.3 Å². The SMILES string of the molecule is CN(Cc1nncn1C)C(=O)Nc1cn(C)nc1C(F)F. The topological polar surface area (TPSA) is 80.9 Å². The molecule has 2 rings (SSSR count). The molecule has 21 heavy (non-hydrogen) atoms. The molecule has 2 amide bonds. The number of halogens is 2. The molecular weight excluding hydrogens is 284 g/mol. The highest BCUT2D eigenvalue weighted by Crippen LogP contribution is 2.25. The smallest absolute Gasteiger partial charge is 0.320 e. The van der Waals surface area contributed by atoms with Crippen LogP contribution >= 0.6 is 0 Å². The third-order valence-corrected chi connectivity index (χ3v) is 2.84. The van der Waals surface area contributed by atoms with E-state index in [9.17, 15) is 13.6 Å². The van der Waals surface area contributed by atoms with Gasteiger partial charge in [-0.2, -0.15) is 5.10 Å². The van der Waals surface area contributed by atoms with Crippen LogP contribution in [-0.2, 0) is 20.6 Å². The third-order valence-electron chi connectivity index (χ3n) is 2.84. The summed E-state index contributed by atoms with van der Waals surface area (Å²) in [5, 5.41) is 13.6. The van der Waals surface area contributed by atoms with Crippen LogP contribution in [0.4, 0.5) is 19.3 Å². The average molecular weight is 299 g/mol. The van der Waals surface area contributed by atoms with Crippen molar-refractivity contribution in [2.75, 3.05) is 12.4 Å². The van der Waals surface area contributed by atoms with Crippen LogP contribution in [0.1, 0.15) is 17.9 Å². The predicted octanol–water partition coefficient (Wildman–Crippen LogP) is 1.15. The minimum absolute atomic E-state index is 0.0117. The van der Waals surface area contributed by atoms with Crippen LogP contribution in [0.2, 0.25) is 0 Å². The number of rotatable bonds is 4. The summed E-state index contributed by atoms with van der Waals surface area (Å²) < 4.78 is 28.5. The van der Waals surface area contributed by atoms with Crippen molar-refractivity contribution in [1.82, 2.24) is 29.4 Å². The molecule has 0 bridgehead atoms. The van der Waals surface area contributed by atoms with Gasteiger partial charge >= 0.3 is 6.03 Å². The van der Waals surface area contributed by atoms with Gasteiger partial charge in [0.1, 0.15) is 6.33 Å². The molecule has 0 spiro atoms. The maximum Gasteiger partial charge on any atom is 0.322 e. The molecule has 8 nitrogen and oxygen atoms in total. The fourth-order valence-electron chi connectivity index (χ4n) is 1.71. The number of hydrogen-bond donors (Lipinski definition) is 1. The Balaban J connectivity index is 2.06. The van der Waals surface area contributed by atoms with Crippen molar-refractivity contribution in [2.45, 2.75) is 13.0 Å². The number of hydrogen-bond acceptors (Lipinski definition) is 4. The minimum atomic E-state index is -2.76. The van der Waals surface area contributed by atoms with Crippen molar-refractivity contribution in [2.24, 2.45) is 14.1 Å². The molecule has 0 aromatic carbocycles. The number of aryl methyl sites for hydroxylation is 2. The minimum Gasteiger partial charge on any atom is -0.320 e. The van der Waals surface area contributed by atoms with Crippen LogP contribution in [0.3, 0.4) is 0 Å². The van der Waals surface area contributed by atoms with Gasteiger partial charge in [-0.25, -0.2) is 13.6 Å². The molecular formula is C11H15F2N7O. The molecule has 0 atom stereocenters. The first-order valence-corrected chi connectivity index (χ1v) is 6.05. The molecule has 0 saturated heterocycles. The molecule has 2 aromatic heterocycles. The summed E-state index contributed by atoms with van der Waals surface area (Å²) in [7, 11) is 4.78. The second-order valence-electron chi connectivity index (χ2n) is 4.55. The van der Waals surface area contributed by atoms with Crippen LogP contribution < -0.4 is 5.32 Å². The van der Waals surface area contributed by atoms with Gasteiger partial charge in [0.2, 0.25) is 0 Å². The number of aromatic nitrogens is 5. The molecule has 114 valence electrons. The van der Waals surface area contributed by atoms with Gasteiger partial charge < -0.3 is 14.8 Å². The standard InChI is InChI=1S/C11H15F2N7O/c1-18(5-8-16-14-6-19(8)2)11(21)15-7-4-20(3)17-9(7)10(12)13/h4,6,10H,5H2,1-3H3,(H,15,21). The zero-order valence-electron chi connectivity index (χ0n) is 11.8. The summed E-state index contributed by atoms with van der Waals surface area (Å²) >= 11 is 0. The predicted molar refractivity (Wildman–Crippen MR) is 69.7 cm³/mol. The first-order chi connectivity index (χ1) is 9.88. The highest BCUT2D eigenvalue weighted by Gasteiger charge is 2.20. The van der Waals surface area contributed by atoms with Crippen LogP contribution in [0.5, 0.6) is 0 Å². The summed E-state index contributed by atoms with van der Waals surface area (Å²) in [6.45, 7) is 0.201. The highest BCUT2D eigenvalue weighted by molar-refractivity contribution is 5.89. The molecule has 0 unspecified atom stereocenters. The first-order valence-electron chi connectivity index (χ1n) is 6.05. The molecule has 0 saturated carbocycles. The summed E-state index contributed by atoms with van der Waals surface area (Å²) in [5.74, 6) is 0.577. The monoisotopic (exact) mass is 299 g/mol. The van der Waals surface area contributed by atoms with E-state index in [0.29, 0.717) is 5.82 Å². The van der Waals surface area contributed by atoms with E-state index in [0.717, 1.165) is 0 Å². The summed E-state index contributed by atoms with van der Waals surface area (Å²) in [6.07, 6.45) is 0.0812. The lowest BCUT2D eigenvalue weighted by Crippen LogP contribution is -2.32. The van der Waals surface area contributed by atoms with Gasteiger partial charge in [0.15, 0.2) is 11.5 Å². The molecule has 2 aromatic rings. The van der Waals surface area contributed by atoms with Crippen LogP contribution in [0.25, 0.3) is 0 Å². The Hall–Kier alpha value is -2.52. The Morgan fingerprint density at radius 3 is 2.76 bits per heavy atom. The second kappa shape index (κ2) is 5.85. The number of nitrogens with zero attached hydrogens (tertiary/aromatic N) is 6. The quantitative estimate of drug-likeness (QED) is 0.918. The van der Waals surface area contributed by atoms with Gasteiger partial charge in [-0.05, 0) is 0 Å². The lowest BCUT2D eigenvalue weighted by molar-refractivity contribution is 0.146. The molecule has 0 radical (unpaired) electrons. The Morgan fingerprint density at radius 2 is 2.19 bits per heavy atom. The Labute approximate surface area is 119 Å². The van der Waals surface area contributed by atoms with Gasteiger partial charge in [-0.15, -0.1) is 10.2 Å². The van der Waals surface area contributed by atoms with E-state index in [2.05, 4.69) is 20.6 Å². The van der Waals surface area contributed by atoms with Crippen molar-refractivity contribution < 1.29 is 13.6 Å². The van der Waals surface area contributed by atoms with Crippen LogP contribution in [-0.4, -0.2) is 42.5 Å². The highest BCUT2D eigenvalue weighted by atomic mass is 19.3. The largest absolute Gasteiger partial charge is 0.322 e. The Morgan fingerprint density at radius 1 is 1.48 bits per heavy atom. The number of urea groups is 1. The lowest BCUT2D eigenvalue weighted by atomic mass is 10.4. The second-order valence-corrected chi connectivity index (χ2v) is 4.55. The normalized spacial score (nSPS) is 11.0. The summed E-state index contributed by atoms with van der Waals surface area (Å²) in [4.78, 5) is 13.3. The number of alkyl halides is 2. The molecule has 0 aliphatic carbocycles. The average Bonchev–Trinajstić information content (AvgIpc) is 2.96. The zero-order chi connectivity index (χ0) is 15.6. The number of anilines is 1. The number of carbonyl (C=O) groups excluding carboxylic acids is 1. The fraction of sp³-hybridized carbons (Fsp3) is 0.455. The molecule has 1 N–H and O–H groups in total. The Bertz CT molecular complexity index is 636. The Kier molecular flexibility index (Phi) is 4.15. The molecule has 10 heteroatoms. The maximum absolute atomic E-state index is 12.8. The maximum atomic E-state index is 12.8. The molecule has 2 heterocycles. The molecule has 0 aliphatic heterocycles. The number of amides is 2. The van der Waals surface area contributed by atoms with Crippen molar-refractivity contribution >= 4 is 11.7 Å². The van der Waals surface area contributed by atoms with E-state index >= 15 is 0 Å². The van der Waals surface area contributed by atoms with E-state index in [4.69, 9.17) is 0 Å². The fourth-order valence-corrected chi connectivity index (χ4v) is 1.71.